The summed E-state index contributed by atoms with van der Waals surface area (Å²) in [6.07, 6.45) is -10.6. The maximum absolute atomic E-state index is 14.1. The van der Waals surface area contributed by atoms with Crippen molar-refractivity contribution in [2.45, 2.75) is 18.0 Å². The topological polar surface area (TPSA) is 49.3 Å². The van der Waals surface area contributed by atoms with Gasteiger partial charge in [-0.1, -0.05) is 42.5 Å². The summed E-state index contributed by atoms with van der Waals surface area (Å²) in [5.74, 6) is -2.29. The quantitative estimate of drug-likeness (QED) is 0.414. The smallest absolute Gasteiger partial charge is 0.372 e. The first kappa shape index (κ1) is 19.3. The third kappa shape index (κ3) is 2.68. The van der Waals surface area contributed by atoms with Crippen LogP contribution in [0.5, 0.6) is 0 Å². The summed E-state index contributed by atoms with van der Waals surface area (Å²) in [7, 11) is 0. The third-order valence-electron chi connectivity index (χ3n) is 4.92. The molecule has 1 aliphatic heterocycles. The Balaban J connectivity index is 2.15. The lowest BCUT2D eigenvalue weighted by Gasteiger charge is -2.39. The maximum atomic E-state index is 14.1. The molecular formula is C20H11F6NO2. The van der Waals surface area contributed by atoms with Crippen molar-refractivity contribution in [2.75, 3.05) is 5.32 Å². The zero-order valence-corrected chi connectivity index (χ0v) is 14.3. The van der Waals surface area contributed by atoms with E-state index in [4.69, 9.17) is 0 Å². The van der Waals surface area contributed by atoms with E-state index < -0.39 is 40.4 Å². The van der Waals surface area contributed by atoms with Gasteiger partial charge in [0.1, 0.15) is 0 Å². The average molecular weight is 411 g/mol. The summed E-state index contributed by atoms with van der Waals surface area (Å²) in [4.78, 5) is 12.0. The molecule has 1 unspecified atom stereocenters. The van der Waals surface area contributed by atoms with Crippen LogP contribution in [0.3, 0.4) is 0 Å². The Morgan fingerprint density at radius 2 is 1.45 bits per heavy atom. The molecule has 3 nitrogen and oxygen atoms in total. The molecule has 0 bridgehead atoms. The van der Waals surface area contributed by atoms with Crippen LogP contribution in [0.15, 0.2) is 54.6 Å². The fourth-order valence-electron chi connectivity index (χ4n) is 3.63. The third-order valence-corrected chi connectivity index (χ3v) is 4.92. The summed E-state index contributed by atoms with van der Waals surface area (Å²) in [6, 6.07) is 10.8. The first-order valence-corrected chi connectivity index (χ1v) is 8.29. The number of halogens is 6. The Morgan fingerprint density at radius 1 is 0.862 bits per heavy atom. The molecule has 9 heteroatoms. The highest BCUT2D eigenvalue weighted by Crippen LogP contribution is 2.54. The largest absolute Gasteiger partial charge is 0.454 e. The van der Waals surface area contributed by atoms with Crippen LogP contribution in [0.4, 0.5) is 37.7 Å². The lowest BCUT2D eigenvalue weighted by molar-refractivity contribution is -0.248. The minimum atomic E-state index is -5.30. The molecule has 0 saturated carbocycles. The van der Waals surface area contributed by atoms with Crippen molar-refractivity contribution in [1.29, 1.82) is 0 Å². The van der Waals surface area contributed by atoms with Crippen LogP contribution < -0.4 is 5.32 Å². The van der Waals surface area contributed by atoms with Crippen LogP contribution in [0.2, 0.25) is 0 Å². The van der Waals surface area contributed by atoms with Gasteiger partial charge in [0.2, 0.25) is 5.60 Å². The molecule has 150 valence electrons. The van der Waals surface area contributed by atoms with Gasteiger partial charge in [0.25, 0.3) is 5.78 Å². The van der Waals surface area contributed by atoms with Crippen molar-refractivity contribution >= 4 is 27.9 Å². The minimum Gasteiger partial charge on any atom is -0.372 e. The van der Waals surface area contributed by atoms with Crippen molar-refractivity contribution in [2.24, 2.45) is 0 Å². The second-order valence-electron chi connectivity index (χ2n) is 6.60. The Kier molecular flexibility index (Phi) is 3.96. The van der Waals surface area contributed by atoms with Crippen molar-refractivity contribution < 1.29 is 36.2 Å². The standard InChI is InChI=1S/C20H11F6NO2/c21-19(22,23)17(28)12-9-14-16(11-6-2-1-5-10(11)12)27-15-8-4-3-7-13(15)18(14,29)20(24,25)26/h1-9,27,29H. The van der Waals surface area contributed by atoms with Crippen LogP contribution >= 0.6 is 0 Å². The Bertz CT molecular complexity index is 1150. The summed E-state index contributed by atoms with van der Waals surface area (Å²) in [5.41, 5.74) is -6.25. The number of anilines is 2. The SMILES string of the molecule is O=C(c1cc2c(c3ccccc13)Nc1ccccc1C2(O)C(F)(F)F)C(F)(F)F. The fraction of sp³-hybridized carbons (Fsp3) is 0.150. The number of carbonyl (C=O) groups is 1. The van der Waals surface area contributed by atoms with Gasteiger partial charge in [0.15, 0.2) is 0 Å². The van der Waals surface area contributed by atoms with E-state index in [1.165, 1.54) is 42.5 Å². The summed E-state index contributed by atoms with van der Waals surface area (Å²) in [5, 5.41) is 13.4. The molecule has 0 fully saturated rings. The molecule has 3 aromatic carbocycles. The number of carbonyl (C=O) groups excluding carboxylic acids is 1. The molecular weight excluding hydrogens is 400 g/mol. The first-order valence-electron chi connectivity index (χ1n) is 8.29. The molecule has 2 N–H and O–H groups in total. The van der Waals surface area contributed by atoms with E-state index in [1.54, 1.807) is 0 Å². The fourth-order valence-corrected chi connectivity index (χ4v) is 3.63. The first-order chi connectivity index (χ1) is 13.5. The van der Waals surface area contributed by atoms with E-state index in [9.17, 15) is 36.2 Å². The van der Waals surface area contributed by atoms with Gasteiger partial charge in [-0.25, -0.2) is 0 Å². The predicted molar refractivity (Wildman–Crippen MR) is 93.1 cm³/mol. The summed E-state index contributed by atoms with van der Waals surface area (Å²) in [6.45, 7) is 0. The number of hydrogen-bond donors (Lipinski definition) is 2. The lowest BCUT2D eigenvalue weighted by atomic mass is 9.78. The van der Waals surface area contributed by atoms with Crippen molar-refractivity contribution in [1.82, 2.24) is 0 Å². The minimum absolute atomic E-state index is 0.0418. The van der Waals surface area contributed by atoms with Crippen LogP contribution in [-0.4, -0.2) is 23.2 Å². The van der Waals surface area contributed by atoms with Gasteiger partial charge in [-0.2, -0.15) is 26.3 Å². The number of hydrogen-bond acceptors (Lipinski definition) is 3. The molecule has 0 radical (unpaired) electrons. The van der Waals surface area contributed by atoms with Gasteiger partial charge in [-0.15, -0.1) is 0 Å². The molecule has 3 aromatic rings. The number of fused-ring (bicyclic) bond motifs is 4. The number of alkyl halides is 6. The van der Waals surface area contributed by atoms with Crippen molar-refractivity contribution in [3.63, 3.8) is 0 Å². The summed E-state index contributed by atoms with van der Waals surface area (Å²) < 4.78 is 81.5. The molecule has 0 saturated heterocycles. The lowest BCUT2D eigenvalue weighted by Crippen LogP contribution is -2.46. The molecule has 0 amide bonds. The number of benzene rings is 3. The molecule has 0 aromatic heterocycles. The van der Waals surface area contributed by atoms with E-state index >= 15 is 0 Å². The maximum Gasteiger partial charge on any atom is 0.454 e. The van der Waals surface area contributed by atoms with Crippen molar-refractivity contribution in [3.05, 3.63) is 71.3 Å². The highest BCUT2D eigenvalue weighted by Gasteiger charge is 2.60. The van der Waals surface area contributed by atoms with Crippen LogP contribution in [-0.2, 0) is 5.60 Å². The number of rotatable bonds is 1. The zero-order chi connectivity index (χ0) is 21.2. The molecule has 29 heavy (non-hydrogen) atoms. The van der Waals surface area contributed by atoms with Crippen LogP contribution in [0.25, 0.3) is 10.8 Å². The highest BCUT2D eigenvalue weighted by molar-refractivity contribution is 6.14. The number of ketones is 1. The highest BCUT2D eigenvalue weighted by atomic mass is 19.4. The van der Waals surface area contributed by atoms with Crippen molar-refractivity contribution in [3.8, 4) is 0 Å². The van der Waals surface area contributed by atoms with E-state index in [0.29, 0.717) is 6.07 Å². The van der Waals surface area contributed by atoms with E-state index in [1.807, 2.05) is 0 Å². The molecule has 1 aliphatic rings. The second-order valence-corrected chi connectivity index (χ2v) is 6.60. The van der Waals surface area contributed by atoms with Gasteiger partial charge < -0.3 is 10.4 Å². The number of aliphatic hydroxyl groups is 1. The molecule has 0 aliphatic carbocycles. The van der Waals surface area contributed by atoms with Gasteiger partial charge >= 0.3 is 12.4 Å². The van der Waals surface area contributed by atoms with Crippen LogP contribution in [0.1, 0.15) is 21.5 Å². The number of nitrogens with one attached hydrogen (secondary N) is 1. The van der Waals surface area contributed by atoms with Gasteiger partial charge in [-0.3, -0.25) is 4.79 Å². The van der Waals surface area contributed by atoms with E-state index in [0.717, 1.165) is 6.07 Å². The summed E-state index contributed by atoms with van der Waals surface area (Å²) >= 11 is 0. The second kappa shape index (κ2) is 5.96. The van der Waals surface area contributed by atoms with Gasteiger partial charge in [0.05, 0.1) is 5.69 Å². The normalized spacial score (nSPS) is 18.7. The molecule has 0 spiro atoms. The predicted octanol–water partition coefficient (Wildman–Crippen LogP) is 5.44. The molecule has 1 heterocycles. The van der Waals surface area contributed by atoms with Gasteiger partial charge in [0, 0.05) is 27.8 Å². The van der Waals surface area contributed by atoms with E-state index in [2.05, 4.69) is 5.32 Å². The Hall–Kier alpha value is -3.07. The monoisotopic (exact) mass is 411 g/mol. The number of Topliss-reactive ketones (excluding diaryl/α,β-unsaturated/α-hetero) is 1. The van der Waals surface area contributed by atoms with Gasteiger partial charge in [-0.05, 0) is 17.5 Å². The molecule has 1 atom stereocenters. The zero-order valence-electron chi connectivity index (χ0n) is 14.3. The Morgan fingerprint density at radius 3 is 2.07 bits per heavy atom. The molecule has 4 rings (SSSR count). The van der Waals surface area contributed by atoms with E-state index in [-0.39, 0.29) is 22.1 Å². The Labute approximate surface area is 159 Å². The number of para-hydroxylation sites is 1. The average Bonchev–Trinajstić information content (AvgIpc) is 2.65. The van der Waals surface area contributed by atoms with Crippen LogP contribution in [0, 0.1) is 0 Å².